The lowest BCUT2D eigenvalue weighted by Gasteiger charge is -2.16. The second kappa shape index (κ2) is 8.69. The van der Waals surface area contributed by atoms with Crippen molar-refractivity contribution in [1.82, 2.24) is 9.97 Å². The lowest BCUT2D eigenvalue weighted by molar-refractivity contribution is 0.232. The molecule has 0 amide bonds. The van der Waals surface area contributed by atoms with Crippen molar-refractivity contribution in [3.63, 3.8) is 0 Å². The topological polar surface area (TPSA) is 67.3 Å². The van der Waals surface area contributed by atoms with Crippen LogP contribution in [0.2, 0.25) is 0 Å². The molecule has 0 radical (unpaired) electrons. The highest BCUT2D eigenvalue weighted by Gasteiger charge is 2.08. The third-order valence-electron chi connectivity index (χ3n) is 2.77. The highest BCUT2D eigenvalue weighted by molar-refractivity contribution is 5.27. The zero-order valence-electron chi connectivity index (χ0n) is 12.1. The summed E-state index contributed by atoms with van der Waals surface area (Å²) in [6, 6.07) is 1.75. The lowest BCUT2D eigenvalue weighted by Crippen LogP contribution is -2.17. The maximum absolute atomic E-state index is 9.02. The van der Waals surface area contributed by atoms with Crippen LogP contribution >= 0.6 is 0 Å². The van der Waals surface area contributed by atoms with Crippen LogP contribution in [0.4, 0.5) is 5.95 Å². The molecule has 1 atom stereocenters. The number of ether oxygens (including phenoxy) is 1. The lowest BCUT2D eigenvalue weighted by atomic mass is 10.0. The number of aliphatic hydroxyl groups is 1. The van der Waals surface area contributed by atoms with E-state index in [1.54, 1.807) is 12.3 Å². The van der Waals surface area contributed by atoms with E-state index in [1.165, 1.54) is 0 Å². The Kier molecular flexibility index (Phi) is 7.18. The SMILES string of the molecule is CCCC(CCO)CNc1nccc(OC(C)C)n1. The summed E-state index contributed by atoms with van der Waals surface area (Å²) < 4.78 is 5.53. The minimum Gasteiger partial charge on any atom is -0.475 e. The summed E-state index contributed by atoms with van der Waals surface area (Å²) in [5.41, 5.74) is 0. The molecule has 0 bridgehead atoms. The minimum absolute atomic E-state index is 0.102. The summed E-state index contributed by atoms with van der Waals surface area (Å²) in [7, 11) is 0. The molecule has 5 heteroatoms. The van der Waals surface area contributed by atoms with Crippen LogP contribution in [0.5, 0.6) is 5.88 Å². The fourth-order valence-electron chi connectivity index (χ4n) is 1.91. The number of anilines is 1. The van der Waals surface area contributed by atoms with Gasteiger partial charge in [0.05, 0.1) is 6.10 Å². The van der Waals surface area contributed by atoms with Crippen LogP contribution in [-0.4, -0.2) is 34.3 Å². The first-order valence-corrected chi connectivity index (χ1v) is 7.00. The average Bonchev–Trinajstić information content (AvgIpc) is 2.36. The largest absolute Gasteiger partial charge is 0.475 e. The minimum atomic E-state index is 0.102. The fourth-order valence-corrected chi connectivity index (χ4v) is 1.91. The van der Waals surface area contributed by atoms with Crippen LogP contribution in [0, 0.1) is 5.92 Å². The standard InChI is InChI=1S/C14H25N3O2/c1-4-5-12(7-9-18)10-16-14-15-8-6-13(17-14)19-11(2)3/h6,8,11-12,18H,4-5,7,9-10H2,1-3H3,(H,15,16,17). The van der Waals surface area contributed by atoms with E-state index < -0.39 is 0 Å². The van der Waals surface area contributed by atoms with Gasteiger partial charge in [0, 0.05) is 25.4 Å². The quantitative estimate of drug-likeness (QED) is 0.719. The second-order valence-electron chi connectivity index (χ2n) is 4.93. The second-order valence-corrected chi connectivity index (χ2v) is 4.93. The number of hydrogen-bond acceptors (Lipinski definition) is 5. The Bertz CT molecular complexity index is 352. The number of aromatic nitrogens is 2. The van der Waals surface area contributed by atoms with E-state index in [0.717, 1.165) is 25.8 Å². The van der Waals surface area contributed by atoms with Crippen LogP contribution in [-0.2, 0) is 0 Å². The van der Waals surface area contributed by atoms with E-state index in [2.05, 4.69) is 22.2 Å². The Morgan fingerprint density at radius 2 is 2.16 bits per heavy atom. The Morgan fingerprint density at radius 3 is 2.79 bits per heavy atom. The molecule has 5 nitrogen and oxygen atoms in total. The van der Waals surface area contributed by atoms with Crippen LogP contribution in [0.25, 0.3) is 0 Å². The molecule has 0 fully saturated rings. The molecule has 1 rings (SSSR count). The summed E-state index contributed by atoms with van der Waals surface area (Å²) in [5.74, 6) is 1.62. The monoisotopic (exact) mass is 267 g/mol. The summed E-state index contributed by atoms with van der Waals surface area (Å²) in [6.07, 6.45) is 4.81. The van der Waals surface area contributed by atoms with Gasteiger partial charge < -0.3 is 15.2 Å². The Labute approximate surface area is 115 Å². The van der Waals surface area contributed by atoms with Crippen molar-refractivity contribution in [3.8, 4) is 5.88 Å². The van der Waals surface area contributed by atoms with E-state index in [9.17, 15) is 0 Å². The van der Waals surface area contributed by atoms with Gasteiger partial charge in [-0.3, -0.25) is 0 Å². The molecule has 0 saturated carbocycles. The number of aliphatic hydroxyl groups excluding tert-OH is 1. The number of rotatable bonds is 9. The third-order valence-corrected chi connectivity index (χ3v) is 2.77. The number of nitrogens with zero attached hydrogens (tertiary/aromatic N) is 2. The summed E-state index contributed by atoms with van der Waals surface area (Å²) in [6.45, 7) is 7.09. The van der Waals surface area contributed by atoms with Crippen molar-refractivity contribution in [3.05, 3.63) is 12.3 Å². The number of nitrogens with one attached hydrogen (secondary N) is 1. The maximum atomic E-state index is 9.02. The van der Waals surface area contributed by atoms with Gasteiger partial charge in [-0.2, -0.15) is 4.98 Å². The molecule has 1 unspecified atom stereocenters. The molecular formula is C14H25N3O2. The van der Waals surface area contributed by atoms with Crippen molar-refractivity contribution < 1.29 is 9.84 Å². The van der Waals surface area contributed by atoms with Crippen molar-refractivity contribution in [2.75, 3.05) is 18.5 Å². The molecule has 0 aliphatic rings. The van der Waals surface area contributed by atoms with E-state index >= 15 is 0 Å². The van der Waals surface area contributed by atoms with Gasteiger partial charge in [0.2, 0.25) is 11.8 Å². The molecule has 0 aliphatic heterocycles. The molecule has 1 aromatic rings. The highest BCUT2D eigenvalue weighted by atomic mass is 16.5. The van der Waals surface area contributed by atoms with Gasteiger partial charge in [0.25, 0.3) is 0 Å². The zero-order chi connectivity index (χ0) is 14.1. The summed E-state index contributed by atoms with van der Waals surface area (Å²) >= 11 is 0. The zero-order valence-corrected chi connectivity index (χ0v) is 12.1. The van der Waals surface area contributed by atoms with E-state index in [-0.39, 0.29) is 12.7 Å². The van der Waals surface area contributed by atoms with Crippen LogP contribution in [0.15, 0.2) is 12.3 Å². The molecule has 108 valence electrons. The molecule has 0 saturated heterocycles. The predicted molar refractivity (Wildman–Crippen MR) is 76.4 cm³/mol. The van der Waals surface area contributed by atoms with Crippen molar-refractivity contribution >= 4 is 5.95 Å². The molecule has 0 aromatic carbocycles. The molecule has 0 spiro atoms. The third kappa shape index (κ3) is 6.38. The summed E-state index contributed by atoms with van der Waals surface area (Å²) in [5, 5.41) is 12.2. The van der Waals surface area contributed by atoms with Crippen molar-refractivity contribution in [2.24, 2.45) is 5.92 Å². The van der Waals surface area contributed by atoms with Gasteiger partial charge in [0.15, 0.2) is 0 Å². The van der Waals surface area contributed by atoms with Gasteiger partial charge in [-0.15, -0.1) is 0 Å². The number of hydrogen-bond donors (Lipinski definition) is 2. The van der Waals surface area contributed by atoms with E-state index in [4.69, 9.17) is 9.84 Å². The summed E-state index contributed by atoms with van der Waals surface area (Å²) in [4.78, 5) is 8.47. The maximum Gasteiger partial charge on any atom is 0.225 e. The van der Waals surface area contributed by atoms with Gasteiger partial charge in [-0.25, -0.2) is 4.98 Å². The first kappa shape index (κ1) is 15.7. The van der Waals surface area contributed by atoms with Gasteiger partial charge in [-0.1, -0.05) is 13.3 Å². The molecule has 0 aliphatic carbocycles. The average molecular weight is 267 g/mol. The Morgan fingerprint density at radius 1 is 1.37 bits per heavy atom. The predicted octanol–water partition coefficient (Wildman–Crippen LogP) is 2.47. The van der Waals surface area contributed by atoms with Gasteiger partial charge in [-0.05, 0) is 32.6 Å². The van der Waals surface area contributed by atoms with Gasteiger partial charge in [0.1, 0.15) is 0 Å². The van der Waals surface area contributed by atoms with Crippen LogP contribution in [0.3, 0.4) is 0 Å². The Hall–Kier alpha value is -1.36. The van der Waals surface area contributed by atoms with Gasteiger partial charge >= 0.3 is 0 Å². The Balaban J connectivity index is 2.51. The molecule has 19 heavy (non-hydrogen) atoms. The molecule has 1 heterocycles. The van der Waals surface area contributed by atoms with Crippen molar-refractivity contribution in [1.29, 1.82) is 0 Å². The molecular weight excluding hydrogens is 242 g/mol. The first-order valence-electron chi connectivity index (χ1n) is 7.00. The van der Waals surface area contributed by atoms with E-state index in [0.29, 0.717) is 17.7 Å². The fraction of sp³-hybridized carbons (Fsp3) is 0.714. The smallest absolute Gasteiger partial charge is 0.225 e. The first-order chi connectivity index (χ1) is 9.15. The highest BCUT2D eigenvalue weighted by Crippen LogP contribution is 2.14. The van der Waals surface area contributed by atoms with Crippen LogP contribution < -0.4 is 10.1 Å². The molecule has 1 aromatic heterocycles. The van der Waals surface area contributed by atoms with E-state index in [1.807, 2.05) is 13.8 Å². The van der Waals surface area contributed by atoms with Crippen molar-refractivity contribution in [2.45, 2.75) is 46.1 Å². The van der Waals surface area contributed by atoms with Crippen LogP contribution in [0.1, 0.15) is 40.0 Å². The normalized spacial score (nSPS) is 12.5. The molecule has 2 N–H and O–H groups in total.